The lowest BCUT2D eigenvalue weighted by atomic mass is 9.91. The number of hydrogen-bond acceptors (Lipinski definition) is 6. The first-order valence-electron chi connectivity index (χ1n) is 13.2. The highest BCUT2D eigenvalue weighted by Crippen LogP contribution is 2.30. The highest BCUT2D eigenvalue weighted by molar-refractivity contribution is 6.32. The maximum absolute atomic E-state index is 12.8. The largest absolute Gasteiger partial charge is 0.497 e. The lowest BCUT2D eigenvalue weighted by Crippen LogP contribution is -2.40. The Bertz CT molecular complexity index is 1430. The molecule has 5 rings (SSSR count). The normalized spacial score (nSPS) is 18.2. The number of nitrogens with zero attached hydrogens (tertiary/aromatic N) is 4. The number of benzene rings is 2. The molecule has 0 unspecified atom stereocenters. The van der Waals surface area contributed by atoms with E-state index in [2.05, 4.69) is 29.6 Å². The van der Waals surface area contributed by atoms with Crippen LogP contribution in [0.25, 0.3) is 16.7 Å². The SMILES string of the molecule is CC[C@@H](C)c1nc(NC2CCC(NC(=O)c3cccc(OC)c3)CC2)c2cnn(-c3ccccc3Cl)c2n1. The van der Waals surface area contributed by atoms with Crippen LogP contribution in [0.5, 0.6) is 5.75 Å². The Balaban J connectivity index is 1.32. The molecule has 1 saturated carbocycles. The van der Waals surface area contributed by atoms with Crippen molar-refractivity contribution in [2.45, 2.75) is 64.0 Å². The van der Waals surface area contributed by atoms with Crippen LogP contribution in [-0.4, -0.2) is 44.8 Å². The first-order chi connectivity index (χ1) is 18.5. The molecule has 4 aromatic rings. The van der Waals surface area contributed by atoms with E-state index >= 15 is 0 Å². The number of methoxy groups -OCH3 is 1. The van der Waals surface area contributed by atoms with E-state index in [1.165, 1.54) is 0 Å². The highest BCUT2D eigenvalue weighted by Gasteiger charge is 2.25. The quantitative estimate of drug-likeness (QED) is 0.283. The van der Waals surface area contributed by atoms with Crippen molar-refractivity contribution in [3.05, 3.63) is 71.1 Å². The third-order valence-electron chi connectivity index (χ3n) is 7.31. The summed E-state index contributed by atoms with van der Waals surface area (Å²) in [6, 6.07) is 15.3. The van der Waals surface area contributed by atoms with Crippen molar-refractivity contribution in [1.82, 2.24) is 25.1 Å². The number of carbonyl (C=O) groups is 1. The van der Waals surface area contributed by atoms with Gasteiger partial charge in [-0.1, -0.05) is 43.6 Å². The molecule has 0 saturated heterocycles. The van der Waals surface area contributed by atoms with Crippen LogP contribution in [0.15, 0.2) is 54.7 Å². The van der Waals surface area contributed by atoms with Gasteiger partial charge in [0, 0.05) is 23.6 Å². The molecule has 1 aliphatic carbocycles. The molecular weight excluding hydrogens is 500 g/mol. The molecule has 198 valence electrons. The van der Waals surface area contributed by atoms with Crippen molar-refractivity contribution >= 4 is 34.4 Å². The molecule has 1 amide bonds. The van der Waals surface area contributed by atoms with E-state index in [9.17, 15) is 4.79 Å². The van der Waals surface area contributed by atoms with Crippen LogP contribution >= 0.6 is 11.6 Å². The van der Waals surface area contributed by atoms with E-state index in [0.717, 1.165) is 60.5 Å². The highest BCUT2D eigenvalue weighted by atomic mass is 35.5. The second-order valence-corrected chi connectivity index (χ2v) is 10.3. The molecule has 2 heterocycles. The monoisotopic (exact) mass is 532 g/mol. The minimum atomic E-state index is -0.0667. The summed E-state index contributed by atoms with van der Waals surface area (Å²) in [5, 5.41) is 13.0. The van der Waals surface area contributed by atoms with E-state index in [-0.39, 0.29) is 23.9 Å². The van der Waals surface area contributed by atoms with Crippen molar-refractivity contribution in [2.24, 2.45) is 0 Å². The Labute approximate surface area is 227 Å². The predicted molar refractivity (Wildman–Crippen MR) is 151 cm³/mol. The van der Waals surface area contributed by atoms with Crippen LogP contribution in [-0.2, 0) is 0 Å². The first-order valence-corrected chi connectivity index (χ1v) is 13.6. The van der Waals surface area contributed by atoms with E-state index in [4.69, 9.17) is 26.3 Å². The Morgan fingerprint density at radius 1 is 1.11 bits per heavy atom. The second kappa shape index (κ2) is 11.4. The Morgan fingerprint density at radius 3 is 2.61 bits per heavy atom. The van der Waals surface area contributed by atoms with Gasteiger partial charge in [0.05, 0.1) is 29.4 Å². The first kappa shape index (κ1) is 26.0. The van der Waals surface area contributed by atoms with Crippen molar-refractivity contribution in [3.63, 3.8) is 0 Å². The Morgan fingerprint density at radius 2 is 1.87 bits per heavy atom. The van der Waals surface area contributed by atoms with Crippen molar-refractivity contribution in [1.29, 1.82) is 0 Å². The number of nitrogens with one attached hydrogen (secondary N) is 2. The summed E-state index contributed by atoms with van der Waals surface area (Å²) in [4.78, 5) is 22.6. The smallest absolute Gasteiger partial charge is 0.251 e. The van der Waals surface area contributed by atoms with Crippen LogP contribution in [0.1, 0.15) is 68.1 Å². The minimum Gasteiger partial charge on any atom is -0.497 e. The number of hydrogen-bond donors (Lipinski definition) is 2. The van der Waals surface area contributed by atoms with Crippen molar-refractivity contribution in [3.8, 4) is 11.4 Å². The molecule has 0 aliphatic heterocycles. The fourth-order valence-corrected chi connectivity index (χ4v) is 5.06. The molecule has 1 atom stereocenters. The summed E-state index contributed by atoms with van der Waals surface area (Å²) < 4.78 is 7.04. The van der Waals surface area contributed by atoms with Gasteiger partial charge in [-0.2, -0.15) is 5.10 Å². The summed E-state index contributed by atoms with van der Waals surface area (Å²) in [5.41, 5.74) is 2.14. The summed E-state index contributed by atoms with van der Waals surface area (Å²) in [6.07, 6.45) is 6.36. The van der Waals surface area contributed by atoms with Gasteiger partial charge in [-0.05, 0) is 62.4 Å². The summed E-state index contributed by atoms with van der Waals surface area (Å²) in [7, 11) is 1.60. The Kier molecular flexibility index (Phi) is 7.79. The predicted octanol–water partition coefficient (Wildman–Crippen LogP) is 6.14. The molecule has 0 radical (unpaired) electrons. The topological polar surface area (TPSA) is 94.0 Å². The fraction of sp³-hybridized carbons (Fsp3) is 0.379. The molecule has 38 heavy (non-hydrogen) atoms. The van der Waals surface area contributed by atoms with Crippen LogP contribution in [0.3, 0.4) is 0 Å². The summed E-state index contributed by atoms with van der Waals surface area (Å²) in [5.74, 6) is 2.40. The zero-order valence-corrected chi connectivity index (χ0v) is 22.7. The zero-order valence-electron chi connectivity index (χ0n) is 21.9. The molecule has 2 aromatic heterocycles. The molecule has 0 bridgehead atoms. The number of rotatable bonds is 8. The molecule has 1 fully saturated rings. The molecule has 9 heteroatoms. The van der Waals surface area contributed by atoms with Gasteiger partial charge in [0.15, 0.2) is 5.65 Å². The van der Waals surface area contributed by atoms with Crippen LogP contribution in [0.2, 0.25) is 5.02 Å². The van der Waals surface area contributed by atoms with Gasteiger partial charge in [-0.3, -0.25) is 4.79 Å². The molecule has 2 aromatic carbocycles. The molecule has 8 nitrogen and oxygen atoms in total. The molecule has 1 aliphatic rings. The molecule has 2 N–H and O–H groups in total. The number of aromatic nitrogens is 4. The third kappa shape index (κ3) is 5.45. The van der Waals surface area contributed by atoms with Gasteiger partial charge in [-0.25, -0.2) is 14.6 Å². The number of halogens is 1. The summed E-state index contributed by atoms with van der Waals surface area (Å²) >= 11 is 6.49. The summed E-state index contributed by atoms with van der Waals surface area (Å²) in [6.45, 7) is 4.27. The lowest BCUT2D eigenvalue weighted by Gasteiger charge is -2.30. The van der Waals surface area contributed by atoms with E-state index in [1.807, 2.05) is 42.5 Å². The number of amides is 1. The standard InChI is InChI=1S/C29H33ClN6O2/c1-4-18(2)26-34-27(23-17-31-36(28(23)35-26)25-11-6-5-10-24(25)30)32-20-12-14-21(15-13-20)33-29(37)19-8-7-9-22(16-19)38-3/h5-11,16-18,20-21H,4,12-15H2,1-3H3,(H,33,37)(H,32,34,35)/t18-,20?,21?/m1/s1. The third-order valence-corrected chi connectivity index (χ3v) is 7.63. The minimum absolute atomic E-state index is 0.0667. The van der Waals surface area contributed by atoms with Gasteiger partial charge >= 0.3 is 0 Å². The van der Waals surface area contributed by atoms with Gasteiger partial charge in [0.1, 0.15) is 17.4 Å². The lowest BCUT2D eigenvalue weighted by molar-refractivity contribution is 0.0926. The van der Waals surface area contributed by atoms with Crippen LogP contribution in [0.4, 0.5) is 5.82 Å². The number of para-hydroxylation sites is 1. The Hall–Kier alpha value is -3.65. The fourth-order valence-electron chi connectivity index (χ4n) is 4.85. The number of carbonyl (C=O) groups excluding carboxylic acids is 1. The van der Waals surface area contributed by atoms with Crippen LogP contribution < -0.4 is 15.4 Å². The maximum Gasteiger partial charge on any atom is 0.251 e. The second-order valence-electron chi connectivity index (χ2n) is 9.88. The van der Waals surface area contributed by atoms with Gasteiger partial charge in [-0.15, -0.1) is 0 Å². The van der Waals surface area contributed by atoms with E-state index < -0.39 is 0 Å². The number of anilines is 1. The van der Waals surface area contributed by atoms with Gasteiger partial charge in [0.25, 0.3) is 5.91 Å². The average Bonchev–Trinajstić information content (AvgIpc) is 3.38. The molecule has 0 spiro atoms. The van der Waals surface area contributed by atoms with Gasteiger partial charge < -0.3 is 15.4 Å². The van der Waals surface area contributed by atoms with E-state index in [1.54, 1.807) is 24.1 Å². The number of fused-ring (bicyclic) bond motifs is 1. The molecular formula is C29H33ClN6O2. The maximum atomic E-state index is 12.8. The van der Waals surface area contributed by atoms with E-state index in [0.29, 0.717) is 16.3 Å². The average molecular weight is 533 g/mol. The number of ether oxygens (including phenoxy) is 1. The van der Waals surface area contributed by atoms with Crippen LogP contribution in [0, 0.1) is 0 Å². The van der Waals surface area contributed by atoms with Crippen molar-refractivity contribution < 1.29 is 9.53 Å². The van der Waals surface area contributed by atoms with Crippen molar-refractivity contribution in [2.75, 3.05) is 12.4 Å². The van der Waals surface area contributed by atoms with Gasteiger partial charge in [0.2, 0.25) is 0 Å². The zero-order chi connectivity index (χ0) is 26.6.